The van der Waals surface area contributed by atoms with Crippen molar-refractivity contribution in [2.24, 2.45) is 5.14 Å². The molecule has 3 rings (SSSR count). The number of nitrogens with one attached hydrogen (secondary N) is 2. The summed E-state index contributed by atoms with van der Waals surface area (Å²) in [5, 5.41) is 17.0. The van der Waals surface area contributed by atoms with Crippen LogP contribution in [0.25, 0.3) is 0 Å². The second-order valence-corrected chi connectivity index (χ2v) is 13.3. The molecule has 2 aromatic rings. The van der Waals surface area contributed by atoms with Gasteiger partial charge in [0.15, 0.2) is 0 Å². The third kappa shape index (κ3) is 9.84. The zero-order valence-electron chi connectivity index (χ0n) is 20.7. The number of hydrogen-bond donors (Lipinski definition) is 4. The van der Waals surface area contributed by atoms with Gasteiger partial charge in [0.2, 0.25) is 20.0 Å². The molecule has 0 saturated carbocycles. The number of rotatable bonds is 6. The Bertz CT molecular complexity index is 1370. The minimum Gasteiger partial charge on any atom is -0.465 e. The molecule has 1 atom stereocenters. The Kier molecular flexibility index (Phi) is 10.8. The molecule has 0 bridgehead atoms. The molecule has 11 nitrogen and oxygen atoms in total. The summed E-state index contributed by atoms with van der Waals surface area (Å²) in [7, 11) is -7.46. The van der Waals surface area contributed by atoms with Gasteiger partial charge in [0, 0.05) is 18.6 Å². The largest absolute Gasteiger partial charge is 0.465 e. The highest BCUT2D eigenvalue weighted by molar-refractivity contribution is 7.89. The molecule has 38 heavy (non-hydrogen) atoms. The lowest BCUT2D eigenvalue weighted by Crippen LogP contribution is -2.47. The van der Waals surface area contributed by atoms with Crippen molar-refractivity contribution in [3.8, 4) is 0 Å². The number of morpholine rings is 1. The maximum absolute atomic E-state index is 12.9. The summed E-state index contributed by atoms with van der Waals surface area (Å²) in [4.78, 5) is 12.1. The first-order chi connectivity index (χ1) is 17.4. The first-order valence-electron chi connectivity index (χ1n) is 11.0. The highest BCUT2D eigenvalue weighted by Crippen LogP contribution is 2.25. The highest BCUT2D eigenvalue weighted by Gasteiger charge is 2.24. The molecule has 0 spiro atoms. The lowest BCUT2D eigenvalue weighted by atomic mass is 10.1. The van der Waals surface area contributed by atoms with E-state index in [0.717, 1.165) is 12.1 Å². The summed E-state index contributed by atoms with van der Waals surface area (Å²) in [6.45, 7) is 6.43. The van der Waals surface area contributed by atoms with Gasteiger partial charge in [-0.25, -0.2) is 35.9 Å². The van der Waals surface area contributed by atoms with Gasteiger partial charge in [-0.1, -0.05) is 23.2 Å². The van der Waals surface area contributed by atoms with E-state index in [2.05, 4.69) is 10.0 Å². The van der Waals surface area contributed by atoms with E-state index in [1.165, 1.54) is 29.2 Å². The van der Waals surface area contributed by atoms with Crippen molar-refractivity contribution < 1.29 is 35.9 Å². The van der Waals surface area contributed by atoms with Crippen molar-refractivity contribution in [1.29, 1.82) is 0 Å². The molecule has 0 aliphatic carbocycles. The number of nitrogens with zero attached hydrogens (tertiary/aromatic N) is 1. The summed E-state index contributed by atoms with van der Waals surface area (Å²) in [6.07, 6.45) is -1.29. The third-order valence-corrected chi connectivity index (χ3v) is 8.11. The quantitative estimate of drug-likeness (QED) is 0.384. The summed E-state index contributed by atoms with van der Waals surface area (Å²) in [5.41, 5.74) is -0.0789. The van der Waals surface area contributed by atoms with Crippen molar-refractivity contribution in [2.45, 2.75) is 42.2 Å². The summed E-state index contributed by atoms with van der Waals surface area (Å²) >= 11 is 11.5. The zero-order chi connectivity index (χ0) is 28.9. The molecular weight excluding hydrogens is 586 g/mol. The average molecular weight is 616 g/mol. The van der Waals surface area contributed by atoms with Crippen LogP contribution in [0.5, 0.6) is 0 Å². The van der Waals surface area contributed by atoms with Gasteiger partial charge in [-0.3, -0.25) is 0 Å². The number of carboxylic acid groups (broad SMARTS) is 1. The Morgan fingerprint density at radius 2 is 1.74 bits per heavy atom. The van der Waals surface area contributed by atoms with Crippen LogP contribution in [0.4, 0.5) is 14.9 Å². The molecule has 1 amide bonds. The van der Waals surface area contributed by atoms with E-state index in [4.69, 9.17) is 38.2 Å². The topological polar surface area (TPSA) is 168 Å². The molecule has 212 valence electrons. The van der Waals surface area contributed by atoms with Crippen LogP contribution >= 0.6 is 23.2 Å². The van der Waals surface area contributed by atoms with E-state index in [0.29, 0.717) is 25.4 Å². The fourth-order valence-electron chi connectivity index (χ4n) is 3.16. The van der Waals surface area contributed by atoms with Gasteiger partial charge in [-0.15, -0.1) is 0 Å². The fourth-order valence-corrected chi connectivity index (χ4v) is 5.70. The number of nitrogens with two attached hydrogens (primary N) is 1. The normalized spacial score (nSPS) is 16.4. The van der Waals surface area contributed by atoms with Gasteiger partial charge >= 0.3 is 6.09 Å². The van der Waals surface area contributed by atoms with Crippen molar-refractivity contribution in [1.82, 2.24) is 9.62 Å². The minimum absolute atomic E-state index is 0.0474. The van der Waals surface area contributed by atoms with Crippen LogP contribution in [0.1, 0.15) is 20.8 Å². The first-order valence-corrected chi connectivity index (χ1v) is 14.8. The lowest BCUT2D eigenvalue weighted by molar-refractivity contribution is -0.0147. The predicted molar refractivity (Wildman–Crippen MR) is 142 cm³/mol. The van der Waals surface area contributed by atoms with Crippen molar-refractivity contribution in [2.75, 3.05) is 31.6 Å². The van der Waals surface area contributed by atoms with Crippen LogP contribution in [0.2, 0.25) is 10.0 Å². The van der Waals surface area contributed by atoms with Crippen molar-refractivity contribution in [3.05, 3.63) is 52.3 Å². The molecule has 1 heterocycles. The maximum atomic E-state index is 12.9. The maximum Gasteiger partial charge on any atom is 0.407 e. The Morgan fingerprint density at radius 1 is 1.13 bits per heavy atom. The van der Waals surface area contributed by atoms with E-state index >= 15 is 0 Å². The van der Waals surface area contributed by atoms with Crippen LogP contribution in [0.3, 0.4) is 0 Å². The number of anilines is 1. The fraction of sp³-hybridized carbons (Fsp3) is 0.409. The van der Waals surface area contributed by atoms with Gasteiger partial charge in [-0.2, -0.15) is 0 Å². The highest BCUT2D eigenvalue weighted by atomic mass is 35.5. The molecule has 1 aliphatic rings. The number of primary sulfonamides is 1. The number of carbonyl (C=O) groups is 1. The standard InChI is InChI=1S/C12H16ClN3O5S.C10H13ClFNO2S/c13-10-5-9(22(14,19)20)1-2-11(10)15-6-8-7-16(12(17)18)3-4-21-8;1-10(2,3)13-16(14,15)7-4-5-9(12)8(11)6-7/h1-2,5,8,15H,3-4,6-7H2,(H,17,18)(H2,14,19,20);4-6,13H,1-3H3. The molecule has 1 fully saturated rings. The monoisotopic (exact) mass is 614 g/mol. The Balaban J connectivity index is 0.000000281. The molecule has 5 N–H and O–H groups in total. The number of hydrogen-bond acceptors (Lipinski definition) is 7. The van der Waals surface area contributed by atoms with E-state index < -0.39 is 37.5 Å². The summed E-state index contributed by atoms with van der Waals surface area (Å²) < 4.78 is 66.9. The molecule has 0 aromatic heterocycles. The second kappa shape index (κ2) is 12.8. The first kappa shape index (κ1) is 32.0. The van der Waals surface area contributed by atoms with Crippen LogP contribution in [0.15, 0.2) is 46.2 Å². The third-order valence-electron chi connectivity index (χ3n) is 4.84. The van der Waals surface area contributed by atoms with Crippen molar-refractivity contribution in [3.63, 3.8) is 0 Å². The average Bonchev–Trinajstić information content (AvgIpc) is 2.78. The molecule has 1 saturated heterocycles. The van der Waals surface area contributed by atoms with Gasteiger partial charge in [0.05, 0.1) is 44.8 Å². The van der Waals surface area contributed by atoms with E-state index in [1.54, 1.807) is 20.8 Å². The lowest BCUT2D eigenvalue weighted by Gasteiger charge is -2.31. The second-order valence-electron chi connectivity index (χ2n) is 9.22. The Morgan fingerprint density at radius 3 is 2.26 bits per heavy atom. The summed E-state index contributed by atoms with van der Waals surface area (Å²) in [5.74, 6) is -0.642. The molecule has 0 radical (unpaired) electrons. The van der Waals surface area contributed by atoms with E-state index in [-0.39, 0.29) is 32.5 Å². The number of halogens is 3. The Hall–Kier alpha value is -2.20. The number of ether oxygens (including phenoxy) is 1. The SMILES string of the molecule is CC(C)(C)NS(=O)(=O)c1ccc(F)c(Cl)c1.NS(=O)(=O)c1ccc(NCC2CN(C(=O)O)CCO2)c(Cl)c1. The smallest absolute Gasteiger partial charge is 0.407 e. The Labute approximate surface area is 231 Å². The number of sulfonamides is 2. The van der Waals surface area contributed by atoms with Crippen LogP contribution in [-0.2, 0) is 24.8 Å². The number of amides is 1. The van der Waals surface area contributed by atoms with E-state index in [9.17, 15) is 26.0 Å². The van der Waals surface area contributed by atoms with Gasteiger partial charge in [-0.05, 0) is 57.2 Å². The molecule has 1 unspecified atom stereocenters. The molecule has 1 aliphatic heterocycles. The van der Waals surface area contributed by atoms with Gasteiger partial charge in [0.1, 0.15) is 5.82 Å². The summed E-state index contributed by atoms with van der Waals surface area (Å²) in [6, 6.07) is 7.39. The zero-order valence-corrected chi connectivity index (χ0v) is 23.9. The van der Waals surface area contributed by atoms with Crippen LogP contribution in [-0.4, -0.2) is 70.8 Å². The van der Waals surface area contributed by atoms with Gasteiger partial charge in [0.25, 0.3) is 0 Å². The van der Waals surface area contributed by atoms with Crippen LogP contribution < -0.4 is 15.2 Å². The molecule has 2 aromatic carbocycles. The van der Waals surface area contributed by atoms with Crippen LogP contribution in [0, 0.1) is 5.82 Å². The van der Waals surface area contributed by atoms with Gasteiger partial charge < -0.3 is 20.1 Å². The van der Waals surface area contributed by atoms with E-state index in [1.807, 2.05) is 0 Å². The molecule has 16 heteroatoms. The predicted octanol–water partition coefficient (Wildman–Crippen LogP) is 3.33. The molecular formula is C22H29Cl2FN4O7S2. The minimum atomic E-state index is -3.80. The number of benzene rings is 2. The van der Waals surface area contributed by atoms with Crippen molar-refractivity contribution >= 4 is 55.0 Å².